The van der Waals surface area contributed by atoms with Crippen molar-refractivity contribution < 1.29 is 0 Å². The summed E-state index contributed by atoms with van der Waals surface area (Å²) in [4.78, 5) is 0. The molecule has 1 aliphatic carbocycles. The highest BCUT2D eigenvalue weighted by molar-refractivity contribution is 14.1. The first-order valence-electron chi connectivity index (χ1n) is 8.38. The standard InChI is InChI=1S/C24H17I/c25-23(17-16-19-10-4-1-5-11-19)22-18-24(22,20-12-6-2-7-13-20)21-14-8-3-9-15-21/h1-15H,18H2/b23-22-. The second-order valence-corrected chi connectivity index (χ2v) is 7.30. The van der Waals surface area contributed by atoms with E-state index in [0.717, 1.165) is 15.6 Å². The van der Waals surface area contributed by atoms with Crippen molar-refractivity contribution in [2.75, 3.05) is 0 Å². The van der Waals surface area contributed by atoms with Gasteiger partial charge in [-0.15, -0.1) is 0 Å². The third kappa shape index (κ3) is 3.15. The lowest BCUT2D eigenvalue weighted by Gasteiger charge is -2.16. The lowest BCUT2D eigenvalue weighted by atomic mass is 9.87. The van der Waals surface area contributed by atoms with Crippen LogP contribution in [0.5, 0.6) is 0 Å². The summed E-state index contributed by atoms with van der Waals surface area (Å²) < 4.78 is 1.16. The largest absolute Gasteiger partial charge is 0.0637 e. The van der Waals surface area contributed by atoms with Gasteiger partial charge in [0.25, 0.3) is 0 Å². The first kappa shape index (κ1) is 16.2. The summed E-state index contributed by atoms with van der Waals surface area (Å²) in [6.45, 7) is 0. The molecule has 0 unspecified atom stereocenters. The Morgan fingerprint density at radius 2 is 1.20 bits per heavy atom. The predicted molar refractivity (Wildman–Crippen MR) is 113 cm³/mol. The van der Waals surface area contributed by atoms with Gasteiger partial charge in [-0.3, -0.25) is 0 Å². The second kappa shape index (κ2) is 6.90. The van der Waals surface area contributed by atoms with E-state index in [0.29, 0.717) is 0 Å². The lowest BCUT2D eigenvalue weighted by molar-refractivity contribution is 0.880. The molecule has 1 fully saturated rings. The zero-order valence-electron chi connectivity index (χ0n) is 13.7. The minimum atomic E-state index is -0.00951. The van der Waals surface area contributed by atoms with E-state index in [9.17, 15) is 0 Å². The van der Waals surface area contributed by atoms with Gasteiger partial charge in [-0.2, -0.15) is 0 Å². The minimum absolute atomic E-state index is 0.00951. The van der Waals surface area contributed by atoms with Crippen molar-refractivity contribution in [3.05, 3.63) is 117 Å². The molecule has 1 heteroatoms. The van der Waals surface area contributed by atoms with Crippen molar-refractivity contribution in [2.45, 2.75) is 11.8 Å². The van der Waals surface area contributed by atoms with Crippen LogP contribution in [0.15, 0.2) is 100 Å². The number of benzene rings is 3. The molecule has 0 N–H and O–H groups in total. The molecule has 0 aromatic heterocycles. The highest BCUT2D eigenvalue weighted by atomic mass is 127. The van der Waals surface area contributed by atoms with Crippen LogP contribution in [0.4, 0.5) is 0 Å². The maximum atomic E-state index is 3.37. The van der Waals surface area contributed by atoms with Gasteiger partial charge >= 0.3 is 0 Å². The van der Waals surface area contributed by atoms with Crippen LogP contribution in [-0.2, 0) is 5.41 Å². The first-order valence-corrected chi connectivity index (χ1v) is 9.46. The molecule has 0 atom stereocenters. The van der Waals surface area contributed by atoms with Crippen molar-refractivity contribution in [3.8, 4) is 11.8 Å². The monoisotopic (exact) mass is 432 g/mol. The molecule has 0 radical (unpaired) electrons. The summed E-state index contributed by atoms with van der Waals surface area (Å²) in [5, 5.41) is 0. The number of hydrogen-bond acceptors (Lipinski definition) is 0. The molecule has 25 heavy (non-hydrogen) atoms. The van der Waals surface area contributed by atoms with Gasteiger partial charge in [0.2, 0.25) is 0 Å². The van der Waals surface area contributed by atoms with Crippen LogP contribution in [0.3, 0.4) is 0 Å². The molecule has 3 aromatic rings. The summed E-state index contributed by atoms with van der Waals surface area (Å²) in [6.07, 6.45) is 1.04. The number of allylic oxidation sites excluding steroid dienone is 2. The fourth-order valence-corrected chi connectivity index (χ4v) is 4.16. The fraction of sp³-hybridized carbons (Fsp3) is 0.0833. The van der Waals surface area contributed by atoms with Crippen LogP contribution < -0.4 is 0 Å². The van der Waals surface area contributed by atoms with Gasteiger partial charge < -0.3 is 0 Å². The Morgan fingerprint density at radius 1 is 0.720 bits per heavy atom. The van der Waals surface area contributed by atoms with Gasteiger partial charge in [0.1, 0.15) is 0 Å². The van der Waals surface area contributed by atoms with Crippen molar-refractivity contribution in [2.24, 2.45) is 0 Å². The van der Waals surface area contributed by atoms with Crippen molar-refractivity contribution >= 4 is 22.6 Å². The van der Waals surface area contributed by atoms with Crippen LogP contribution in [0.2, 0.25) is 0 Å². The van der Waals surface area contributed by atoms with Crippen molar-refractivity contribution in [1.82, 2.24) is 0 Å². The zero-order valence-corrected chi connectivity index (χ0v) is 15.9. The molecule has 0 amide bonds. The molecular weight excluding hydrogens is 415 g/mol. The topological polar surface area (TPSA) is 0 Å². The Morgan fingerprint density at radius 3 is 1.72 bits per heavy atom. The maximum absolute atomic E-state index is 3.37. The van der Waals surface area contributed by atoms with Gasteiger partial charge in [0.05, 0.1) is 3.58 Å². The van der Waals surface area contributed by atoms with Gasteiger partial charge in [-0.05, 0) is 57.8 Å². The normalized spacial score (nSPS) is 16.5. The quantitative estimate of drug-likeness (QED) is 0.338. The number of rotatable bonds is 2. The molecular formula is C24H17I. The third-order valence-electron chi connectivity index (χ3n) is 4.72. The van der Waals surface area contributed by atoms with E-state index in [1.165, 1.54) is 16.7 Å². The summed E-state index contributed by atoms with van der Waals surface area (Å²) in [5.41, 5.74) is 5.18. The summed E-state index contributed by atoms with van der Waals surface area (Å²) in [5.74, 6) is 6.66. The van der Waals surface area contributed by atoms with Crippen molar-refractivity contribution in [1.29, 1.82) is 0 Å². The van der Waals surface area contributed by atoms with Crippen molar-refractivity contribution in [3.63, 3.8) is 0 Å². The Kier molecular flexibility index (Phi) is 4.46. The van der Waals surface area contributed by atoms with E-state index in [1.807, 2.05) is 18.2 Å². The van der Waals surface area contributed by atoms with Gasteiger partial charge in [-0.25, -0.2) is 0 Å². The number of hydrogen-bond donors (Lipinski definition) is 0. The lowest BCUT2D eigenvalue weighted by Crippen LogP contribution is -2.09. The van der Waals surface area contributed by atoms with Crippen LogP contribution in [0, 0.1) is 11.8 Å². The average Bonchev–Trinajstić information content (AvgIpc) is 3.45. The highest BCUT2D eigenvalue weighted by Crippen LogP contribution is 2.60. The smallest absolute Gasteiger partial charge is 0.0622 e. The molecule has 1 aliphatic rings. The molecule has 0 saturated heterocycles. The molecule has 0 spiro atoms. The predicted octanol–water partition coefficient (Wildman–Crippen LogP) is 6.12. The molecule has 0 nitrogen and oxygen atoms in total. The van der Waals surface area contributed by atoms with E-state index in [1.54, 1.807) is 0 Å². The minimum Gasteiger partial charge on any atom is -0.0622 e. The molecule has 0 heterocycles. The SMILES string of the molecule is I/C(C#Cc1ccccc1)=C1/CC1(c1ccccc1)c1ccccc1. The molecule has 120 valence electrons. The second-order valence-electron chi connectivity index (χ2n) is 6.22. The van der Waals surface area contributed by atoms with E-state index in [2.05, 4.69) is 107 Å². The van der Waals surface area contributed by atoms with Gasteiger partial charge in [0.15, 0.2) is 0 Å². The average molecular weight is 432 g/mol. The Labute approximate surface area is 162 Å². The zero-order chi connectivity index (χ0) is 17.1. The molecule has 0 bridgehead atoms. The summed E-state index contributed by atoms with van der Waals surface area (Å²) in [6, 6.07) is 31.7. The number of halogens is 1. The highest BCUT2D eigenvalue weighted by Gasteiger charge is 2.52. The molecule has 0 aliphatic heterocycles. The Balaban J connectivity index is 1.77. The maximum Gasteiger partial charge on any atom is 0.0637 e. The van der Waals surface area contributed by atoms with Crippen LogP contribution in [0.25, 0.3) is 0 Å². The summed E-state index contributed by atoms with van der Waals surface area (Å²) in [7, 11) is 0. The molecule has 4 rings (SSSR count). The third-order valence-corrected chi connectivity index (χ3v) is 5.64. The van der Waals surface area contributed by atoms with Crippen LogP contribution >= 0.6 is 22.6 Å². The van der Waals surface area contributed by atoms with E-state index in [4.69, 9.17) is 0 Å². The molecule has 3 aromatic carbocycles. The van der Waals surface area contributed by atoms with E-state index in [-0.39, 0.29) is 5.41 Å². The van der Waals surface area contributed by atoms with Gasteiger partial charge in [-0.1, -0.05) is 90.7 Å². The van der Waals surface area contributed by atoms with E-state index < -0.39 is 0 Å². The fourth-order valence-electron chi connectivity index (χ4n) is 3.37. The van der Waals surface area contributed by atoms with E-state index >= 15 is 0 Å². The first-order chi connectivity index (χ1) is 12.3. The summed E-state index contributed by atoms with van der Waals surface area (Å²) >= 11 is 2.41. The molecule has 1 saturated carbocycles. The van der Waals surface area contributed by atoms with Gasteiger partial charge in [0, 0.05) is 11.0 Å². The Hall–Kier alpha value is -2.31. The van der Waals surface area contributed by atoms with Crippen LogP contribution in [-0.4, -0.2) is 0 Å². The van der Waals surface area contributed by atoms with Crippen LogP contribution in [0.1, 0.15) is 23.1 Å². The Bertz CT molecular complexity index is 919.